The van der Waals surface area contributed by atoms with E-state index >= 15 is 0 Å². The number of aliphatic hydroxyl groups is 1. The van der Waals surface area contributed by atoms with Gasteiger partial charge < -0.3 is 19.9 Å². The maximum absolute atomic E-state index is 13.6. The summed E-state index contributed by atoms with van der Waals surface area (Å²) in [5, 5.41) is 22.8. The monoisotopic (exact) mass is 663 g/mol. The van der Waals surface area contributed by atoms with Crippen LogP contribution in [0.1, 0.15) is 72.5 Å². The molecular formula is C45H45NO4. The third kappa shape index (κ3) is 5.70. The van der Waals surface area contributed by atoms with Gasteiger partial charge in [-0.3, -0.25) is 4.79 Å². The molecule has 5 heteroatoms. The molecule has 0 aliphatic carbocycles. The molecule has 50 heavy (non-hydrogen) atoms. The minimum atomic E-state index is -0.715. The molecule has 0 fully saturated rings. The second-order valence-corrected chi connectivity index (χ2v) is 13.3. The standard InChI is InChI=1S/C45H45NO4/c1-4-5-26-46-44(48)31-15-9-16-32(28-31)45(25-7-6-8-27-47,40-23-21-33(49-2)29-41(40)50-3)39-24-22-37-35-18-11-14-30-13-10-17-34(42(30)35)36-19-12-20-38(39)43(36)37/h9-24,28-29,47H,4-8,25-27H2,1-3H3,(H,46,48). The first-order valence-corrected chi connectivity index (χ1v) is 17.9. The lowest BCUT2D eigenvalue weighted by Crippen LogP contribution is -2.31. The topological polar surface area (TPSA) is 67.8 Å². The van der Waals surface area contributed by atoms with Crippen molar-refractivity contribution in [1.29, 1.82) is 0 Å². The third-order valence-corrected chi connectivity index (χ3v) is 10.5. The van der Waals surface area contributed by atoms with Gasteiger partial charge in [-0.05, 0) is 91.7 Å². The smallest absolute Gasteiger partial charge is 0.251 e. The zero-order valence-corrected chi connectivity index (χ0v) is 29.2. The van der Waals surface area contributed by atoms with Crippen LogP contribution in [0.3, 0.4) is 0 Å². The fourth-order valence-electron chi connectivity index (χ4n) is 8.12. The van der Waals surface area contributed by atoms with E-state index in [1.165, 1.54) is 43.1 Å². The number of amides is 1. The Hall–Kier alpha value is -5.13. The molecule has 7 aromatic carbocycles. The van der Waals surface area contributed by atoms with E-state index in [9.17, 15) is 9.90 Å². The fraction of sp³-hybridized carbons (Fsp3) is 0.267. The van der Waals surface area contributed by atoms with Crippen molar-refractivity contribution in [2.75, 3.05) is 27.4 Å². The number of nitrogens with one attached hydrogen (secondary N) is 1. The average molecular weight is 664 g/mol. The molecule has 1 unspecified atom stereocenters. The predicted octanol–water partition coefficient (Wildman–Crippen LogP) is 10.2. The molecule has 0 aliphatic rings. The van der Waals surface area contributed by atoms with E-state index in [0.29, 0.717) is 17.9 Å². The van der Waals surface area contributed by atoms with Gasteiger partial charge in [0.2, 0.25) is 0 Å². The molecular weight excluding hydrogens is 618 g/mol. The van der Waals surface area contributed by atoms with Crippen LogP contribution >= 0.6 is 0 Å². The molecule has 0 aromatic heterocycles. The van der Waals surface area contributed by atoms with Crippen molar-refractivity contribution >= 4 is 49.0 Å². The van der Waals surface area contributed by atoms with Crippen molar-refractivity contribution in [2.45, 2.75) is 50.9 Å². The van der Waals surface area contributed by atoms with Crippen molar-refractivity contribution in [2.24, 2.45) is 0 Å². The van der Waals surface area contributed by atoms with Crippen LogP contribution in [0, 0.1) is 0 Å². The van der Waals surface area contributed by atoms with Crippen molar-refractivity contribution < 1.29 is 19.4 Å². The molecule has 7 aromatic rings. The Morgan fingerprint density at radius 3 is 2.08 bits per heavy atom. The Labute approximate surface area is 294 Å². The Bertz CT molecular complexity index is 2240. The number of rotatable bonds is 14. The molecule has 0 saturated heterocycles. The normalized spacial score (nSPS) is 12.9. The Morgan fingerprint density at radius 2 is 1.36 bits per heavy atom. The first-order chi connectivity index (χ1) is 24.5. The predicted molar refractivity (Wildman–Crippen MR) is 206 cm³/mol. The SMILES string of the molecule is CCCCNC(=O)c1cccc(C(CCCCCO)(c2ccc(OC)cc2OC)c2ccc3c4cccc5cccc(c6cccc2c63)c54)c1. The number of methoxy groups -OCH3 is 2. The second kappa shape index (κ2) is 14.4. The van der Waals surface area contributed by atoms with E-state index in [4.69, 9.17) is 9.47 Å². The van der Waals surface area contributed by atoms with Gasteiger partial charge in [0.05, 0.1) is 14.2 Å². The lowest BCUT2D eigenvalue weighted by molar-refractivity contribution is 0.0953. The number of benzene rings is 7. The molecule has 1 atom stereocenters. The summed E-state index contributed by atoms with van der Waals surface area (Å²) >= 11 is 0. The summed E-state index contributed by atoms with van der Waals surface area (Å²) in [6, 6.07) is 38.7. The highest BCUT2D eigenvalue weighted by molar-refractivity contribution is 6.33. The maximum atomic E-state index is 13.6. The molecule has 7 rings (SSSR count). The van der Waals surface area contributed by atoms with E-state index in [1.807, 2.05) is 24.3 Å². The van der Waals surface area contributed by atoms with Gasteiger partial charge in [0.15, 0.2) is 0 Å². The Balaban J connectivity index is 1.58. The summed E-state index contributed by atoms with van der Waals surface area (Å²) in [7, 11) is 3.38. The number of hydrogen-bond donors (Lipinski definition) is 2. The first-order valence-electron chi connectivity index (χ1n) is 17.9. The summed E-state index contributed by atoms with van der Waals surface area (Å²) < 4.78 is 11.9. The van der Waals surface area contributed by atoms with Crippen molar-refractivity contribution in [3.8, 4) is 11.5 Å². The lowest BCUT2D eigenvalue weighted by Gasteiger charge is -2.38. The van der Waals surface area contributed by atoms with Gasteiger partial charge in [-0.2, -0.15) is 0 Å². The van der Waals surface area contributed by atoms with Gasteiger partial charge in [0, 0.05) is 35.8 Å². The zero-order chi connectivity index (χ0) is 34.7. The van der Waals surface area contributed by atoms with Gasteiger partial charge in [-0.15, -0.1) is 0 Å². The number of carbonyl (C=O) groups is 1. The fourth-order valence-corrected chi connectivity index (χ4v) is 8.12. The zero-order valence-electron chi connectivity index (χ0n) is 29.2. The van der Waals surface area contributed by atoms with Crippen molar-refractivity contribution in [3.63, 3.8) is 0 Å². The summed E-state index contributed by atoms with van der Waals surface area (Å²) in [6.07, 6.45) is 5.12. The van der Waals surface area contributed by atoms with E-state index in [2.05, 4.69) is 97.2 Å². The van der Waals surface area contributed by atoms with Gasteiger partial charge in [-0.25, -0.2) is 0 Å². The number of aliphatic hydroxyl groups excluding tert-OH is 1. The molecule has 254 valence electrons. The van der Waals surface area contributed by atoms with E-state index < -0.39 is 5.41 Å². The van der Waals surface area contributed by atoms with Gasteiger partial charge in [0.25, 0.3) is 5.91 Å². The van der Waals surface area contributed by atoms with Crippen LogP contribution in [0.25, 0.3) is 43.1 Å². The van der Waals surface area contributed by atoms with Crippen LogP contribution < -0.4 is 14.8 Å². The number of fused-ring (bicyclic) bond motifs is 2. The Kier molecular flexibility index (Phi) is 9.60. The highest BCUT2D eigenvalue weighted by Crippen LogP contribution is 2.52. The molecule has 1 amide bonds. The summed E-state index contributed by atoms with van der Waals surface area (Å²) in [6.45, 7) is 2.92. The minimum Gasteiger partial charge on any atom is -0.497 e. The van der Waals surface area contributed by atoms with E-state index in [0.717, 1.165) is 61.0 Å². The quantitative estimate of drug-likeness (QED) is 0.0526. The second-order valence-electron chi connectivity index (χ2n) is 13.3. The average Bonchev–Trinajstić information content (AvgIpc) is 3.17. The van der Waals surface area contributed by atoms with Crippen LogP contribution in [-0.2, 0) is 5.41 Å². The maximum Gasteiger partial charge on any atom is 0.251 e. The van der Waals surface area contributed by atoms with Gasteiger partial charge in [-0.1, -0.05) is 111 Å². The number of carbonyl (C=O) groups excluding carboxylic acids is 1. The molecule has 0 spiro atoms. The molecule has 0 heterocycles. The molecule has 0 aliphatic heterocycles. The summed E-state index contributed by atoms with van der Waals surface area (Å²) in [5.74, 6) is 1.36. The van der Waals surface area contributed by atoms with Crippen LogP contribution in [-0.4, -0.2) is 38.4 Å². The number of hydrogen-bond acceptors (Lipinski definition) is 4. The third-order valence-electron chi connectivity index (χ3n) is 10.5. The molecule has 0 saturated carbocycles. The molecule has 5 nitrogen and oxygen atoms in total. The first kappa shape index (κ1) is 33.4. The van der Waals surface area contributed by atoms with E-state index in [-0.39, 0.29) is 12.5 Å². The van der Waals surface area contributed by atoms with Crippen LogP contribution in [0.2, 0.25) is 0 Å². The minimum absolute atomic E-state index is 0.0715. The van der Waals surface area contributed by atoms with Crippen LogP contribution in [0.15, 0.2) is 109 Å². The molecule has 0 bridgehead atoms. The molecule has 0 radical (unpaired) electrons. The van der Waals surface area contributed by atoms with Crippen molar-refractivity contribution in [1.82, 2.24) is 5.32 Å². The van der Waals surface area contributed by atoms with Gasteiger partial charge >= 0.3 is 0 Å². The van der Waals surface area contributed by atoms with Crippen LogP contribution in [0.4, 0.5) is 0 Å². The van der Waals surface area contributed by atoms with Crippen molar-refractivity contribution in [3.05, 3.63) is 131 Å². The highest BCUT2D eigenvalue weighted by atomic mass is 16.5. The largest absolute Gasteiger partial charge is 0.497 e. The number of ether oxygens (including phenoxy) is 2. The summed E-state index contributed by atoms with van der Waals surface area (Å²) in [5.41, 5.74) is 3.10. The van der Waals surface area contributed by atoms with E-state index in [1.54, 1.807) is 14.2 Å². The highest BCUT2D eigenvalue weighted by Gasteiger charge is 2.40. The lowest BCUT2D eigenvalue weighted by atomic mass is 9.64. The molecule has 2 N–H and O–H groups in total. The number of unbranched alkanes of at least 4 members (excludes halogenated alkanes) is 3. The summed E-state index contributed by atoms with van der Waals surface area (Å²) in [4.78, 5) is 13.6. The Morgan fingerprint density at radius 1 is 0.680 bits per heavy atom. The van der Waals surface area contributed by atoms with Gasteiger partial charge in [0.1, 0.15) is 11.5 Å². The van der Waals surface area contributed by atoms with Crippen LogP contribution in [0.5, 0.6) is 11.5 Å².